The van der Waals surface area contributed by atoms with Crippen LogP contribution in [0.15, 0.2) is 24.3 Å². The van der Waals surface area contributed by atoms with Crippen LogP contribution in [0.5, 0.6) is 0 Å². The number of carboxylic acid groups (broad SMARTS) is 1. The van der Waals surface area contributed by atoms with Crippen LogP contribution in [0.3, 0.4) is 0 Å². The Bertz CT molecular complexity index is 571. The Balaban J connectivity index is 1.97. The maximum atomic E-state index is 12.4. The average molecular weight is 273 g/mol. The molecule has 2 amide bonds. The lowest BCUT2D eigenvalue weighted by molar-refractivity contribution is -0.122. The zero-order chi connectivity index (χ0) is 14.3. The third kappa shape index (κ3) is 1.90. The normalized spacial score (nSPS) is 25.7. The van der Waals surface area contributed by atoms with E-state index in [2.05, 4.69) is 0 Å². The van der Waals surface area contributed by atoms with E-state index in [-0.39, 0.29) is 29.2 Å². The summed E-state index contributed by atoms with van der Waals surface area (Å²) in [7, 11) is 0. The summed E-state index contributed by atoms with van der Waals surface area (Å²) < 4.78 is 0. The van der Waals surface area contributed by atoms with Crippen LogP contribution in [0.4, 0.5) is 5.69 Å². The maximum Gasteiger partial charge on any atom is 0.335 e. The van der Waals surface area contributed by atoms with E-state index in [1.165, 1.54) is 17.0 Å². The molecule has 0 bridgehead atoms. The van der Waals surface area contributed by atoms with Crippen molar-refractivity contribution in [1.29, 1.82) is 0 Å². The first-order valence-corrected chi connectivity index (χ1v) is 6.81. The van der Waals surface area contributed by atoms with Crippen LogP contribution in [0.1, 0.15) is 36.0 Å². The van der Waals surface area contributed by atoms with Crippen molar-refractivity contribution in [2.75, 3.05) is 4.90 Å². The van der Waals surface area contributed by atoms with Gasteiger partial charge < -0.3 is 5.11 Å². The smallest absolute Gasteiger partial charge is 0.335 e. The molecule has 5 heteroatoms. The minimum atomic E-state index is -1.07. The standard InChI is InChI=1S/C15H15NO4/c17-13-11-6-1-2-7-12(11)14(18)16(13)10-5-3-4-9(8-10)15(19)20/h3-5,8,11-12H,1-2,6-7H2,(H,19,20). The predicted molar refractivity (Wildman–Crippen MR) is 71.3 cm³/mol. The molecule has 1 aromatic rings. The summed E-state index contributed by atoms with van der Waals surface area (Å²) in [6, 6.07) is 6.00. The SMILES string of the molecule is O=C(O)c1cccc(N2C(=O)C3CCCCC3C2=O)c1. The maximum absolute atomic E-state index is 12.4. The molecule has 104 valence electrons. The molecule has 2 atom stereocenters. The molecule has 2 unspecified atom stereocenters. The zero-order valence-corrected chi connectivity index (χ0v) is 10.9. The molecule has 1 aliphatic heterocycles. The Labute approximate surface area is 116 Å². The Morgan fingerprint density at radius 3 is 2.25 bits per heavy atom. The van der Waals surface area contributed by atoms with Gasteiger partial charge in [-0.15, -0.1) is 0 Å². The lowest BCUT2D eigenvalue weighted by Crippen LogP contribution is -2.31. The number of carboxylic acids is 1. The Hall–Kier alpha value is -2.17. The van der Waals surface area contributed by atoms with Crippen molar-refractivity contribution in [2.24, 2.45) is 11.8 Å². The highest BCUT2D eigenvalue weighted by Gasteiger charge is 2.48. The number of nitrogens with zero attached hydrogens (tertiary/aromatic N) is 1. The van der Waals surface area contributed by atoms with E-state index < -0.39 is 5.97 Å². The molecule has 0 radical (unpaired) electrons. The summed E-state index contributed by atoms with van der Waals surface area (Å²) in [5.74, 6) is -1.86. The molecule has 0 aromatic heterocycles. The second-order valence-electron chi connectivity index (χ2n) is 5.36. The lowest BCUT2D eigenvalue weighted by atomic mass is 9.81. The van der Waals surface area contributed by atoms with Crippen LogP contribution in [0, 0.1) is 11.8 Å². The molecule has 3 rings (SSSR count). The Morgan fingerprint density at radius 1 is 1.10 bits per heavy atom. The third-order valence-electron chi connectivity index (χ3n) is 4.19. The molecule has 1 heterocycles. The van der Waals surface area contributed by atoms with E-state index in [9.17, 15) is 14.4 Å². The van der Waals surface area contributed by atoms with Gasteiger partial charge >= 0.3 is 5.97 Å². The largest absolute Gasteiger partial charge is 0.478 e. The summed E-state index contributed by atoms with van der Waals surface area (Å²) >= 11 is 0. The number of carbonyl (C=O) groups excluding carboxylic acids is 2. The van der Waals surface area contributed by atoms with E-state index in [4.69, 9.17) is 5.11 Å². The number of hydrogen-bond acceptors (Lipinski definition) is 3. The van der Waals surface area contributed by atoms with Crippen molar-refractivity contribution >= 4 is 23.5 Å². The van der Waals surface area contributed by atoms with Crippen LogP contribution in [-0.4, -0.2) is 22.9 Å². The van der Waals surface area contributed by atoms with Gasteiger partial charge in [-0.1, -0.05) is 18.9 Å². The van der Waals surface area contributed by atoms with E-state index in [0.717, 1.165) is 25.7 Å². The highest BCUT2D eigenvalue weighted by atomic mass is 16.4. The average Bonchev–Trinajstić information content (AvgIpc) is 2.72. The van der Waals surface area contributed by atoms with Gasteiger partial charge in [0.1, 0.15) is 0 Å². The van der Waals surface area contributed by atoms with Crippen LogP contribution in [-0.2, 0) is 9.59 Å². The highest BCUT2D eigenvalue weighted by molar-refractivity contribution is 6.22. The summed E-state index contributed by atoms with van der Waals surface area (Å²) in [6.45, 7) is 0. The minimum Gasteiger partial charge on any atom is -0.478 e. The Kier molecular flexibility index (Phi) is 3.04. The molecule has 1 N–H and O–H groups in total. The molecule has 2 aliphatic rings. The number of hydrogen-bond donors (Lipinski definition) is 1. The molecule has 1 saturated heterocycles. The highest BCUT2D eigenvalue weighted by Crippen LogP contribution is 2.40. The van der Waals surface area contributed by atoms with Crippen LogP contribution >= 0.6 is 0 Å². The summed E-state index contributed by atoms with van der Waals surface area (Å²) in [5.41, 5.74) is 0.451. The fourth-order valence-corrected chi connectivity index (χ4v) is 3.19. The van der Waals surface area contributed by atoms with Gasteiger partial charge in [-0.3, -0.25) is 14.5 Å². The first-order chi connectivity index (χ1) is 9.59. The number of amides is 2. The molecule has 20 heavy (non-hydrogen) atoms. The molecule has 5 nitrogen and oxygen atoms in total. The van der Waals surface area contributed by atoms with E-state index in [1.807, 2.05) is 0 Å². The van der Waals surface area contributed by atoms with Gasteiger partial charge in [0.15, 0.2) is 0 Å². The van der Waals surface area contributed by atoms with Crippen molar-refractivity contribution < 1.29 is 19.5 Å². The fraction of sp³-hybridized carbons (Fsp3) is 0.400. The minimum absolute atomic E-state index is 0.0815. The third-order valence-corrected chi connectivity index (χ3v) is 4.19. The topological polar surface area (TPSA) is 74.7 Å². The van der Waals surface area contributed by atoms with E-state index >= 15 is 0 Å². The molecule has 1 saturated carbocycles. The van der Waals surface area contributed by atoms with Gasteiger partial charge in [0.2, 0.25) is 11.8 Å². The number of carbonyl (C=O) groups is 3. The Morgan fingerprint density at radius 2 is 1.70 bits per heavy atom. The molecule has 0 spiro atoms. The van der Waals surface area contributed by atoms with Crippen LogP contribution in [0.2, 0.25) is 0 Å². The molecule has 1 aromatic carbocycles. The second kappa shape index (κ2) is 4.74. The quantitative estimate of drug-likeness (QED) is 0.837. The van der Waals surface area contributed by atoms with Gasteiger partial charge in [-0.25, -0.2) is 4.79 Å². The van der Waals surface area contributed by atoms with Crippen molar-refractivity contribution in [2.45, 2.75) is 25.7 Å². The second-order valence-corrected chi connectivity index (χ2v) is 5.36. The van der Waals surface area contributed by atoms with Gasteiger partial charge in [-0.05, 0) is 31.0 Å². The van der Waals surface area contributed by atoms with Crippen molar-refractivity contribution in [3.05, 3.63) is 29.8 Å². The van der Waals surface area contributed by atoms with E-state index in [0.29, 0.717) is 5.69 Å². The van der Waals surface area contributed by atoms with Gasteiger partial charge in [-0.2, -0.15) is 0 Å². The first kappa shape index (κ1) is 12.8. The number of rotatable bonds is 2. The summed E-state index contributed by atoms with van der Waals surface area (Å²) in [4.78, 5) is 36.9. The number of anilines is 1. The van der Waals surface area contributed by atoms with Crippen LogP contribution in [0.25, 0.3) is 0 Å². The number of aromatic carboxylic acids is 1. The van der Waals surface area contributed by atoms with Crippen molar-refractivity contribution in [3.8, 4) is 0 Å². The summed E-state index contributed by atoms with van der Waals surface area (Å²) in [6.07, 6.45) is 3.46. The van der Waals surface area contributed by atoms with Gasteiger partial charge in [0.25, 0.3) is 0 Å². The monoisotopic (exact) mass is 273 g/mol. The first-order valence-electron chi connectivity index (χ1n) is 6.81. The predicted octanol–water partition coefficient (Wildman–Crippen LogP) is 2.06. The molecular formula is C15H15NO4. The number of benzene rings is 1. The number of imide groups is 1. The molecule has 1 aliphatic carbocycles. The molecular weight excluding hydrogens is 258 g/mol. The van der Waals surface area contributed by atoms with Crippen molar-refractivity contribution in [3.63, 3.8) is 0 Å². The van der Waals surface area contributed by atoms with Crippen molar-refractivity contribution in [1.82, 2.24) is 0 Å². The zero-order valence-electron chi connectivity index (χ0n) is 10.9. The fourth-order valence-electron chi connectivity index (χ4n) is 3.19. The number of fused-ring (bicyclic) bond motifs is 1. The van der Waals surface area contributed by atoms with Gasteiger partial charge in [0.05, 0.1) is 23.1 Å². The van der Waals surface area contributed by atoms with Crippen LogP contribution < -0.4 is 4.90 Å². The summed E-state index contributed by atoms with van der Waals surface area (Å²) in [5, 5.41) is 9.00. The van der Waals surface area contributed by atoms with E-state index in [1.54, 1.807) is 12.1 Å². The molecule has 2 fully saturated rings. The lowest BCUT2D eigenvalue weighted by Gasteiger charge is -2.19. The van der Waals surface area contributed by atoms with Gasteiger partial charge in [0, 0.05) is 0 Å².